The quantitative estimate of drug-likeness (QED) is 0.566. The van der Waals surface area contributed by atoms with Gasteiger partial charge in [-0.15, -0.1) is 0 Å². The van der Waals surface area contributed by atoms with Crippen molar-refractivity contribution < 1.29 is 4.39 Å². The molecule has 1 saturated heterocycles. The van der Waals surface area contributed by atoms with Crippen LogP contribution in [-0.4, -0.2) is 18.8 Å². The van der Waals surface area contributed by atoms with Crippen LogP contribution in [0.4, 0.5) is 4.39 Å². The van der Waals surface area contributed by atoms with E-state index >= 15 is 0 Å². The maximum absolute atomic E-state index is 13.4. The second-order valence-electron chi connectivity index (χ2n) is 3.12. The highest BCUT2D eigenvalue weighted by molar-refractivity contribution is 4.90. The maximum atomic E-state index is 13.4. The lowest BCUT2D eigenvalue weighted by molar-refractivity contribution is 0.125. The average molecular weight is 131 g/mol. The molecule has 0 aromatic carbocycles. The van der Waals surface area contributed by atoms with Crippen LogP contribution in [0.15, 0.2) is 0 Å². The summed E-state index contributed by atoms with van der Waals surface area (Å²) in [5.41, 5.74) is -0.917. The third kappa shape index (κ3) is 1.23. The summed E-state index contributed by atoms with van der Waals surface area (Å²) in [7, 11) is 0. The van der Waals surface area contributed by atoms with Gasteiger partial charge in [0.1, 0.15) is 5.67 Å². The molecule has 0 aliphatic carbocycles. The minimum absolute atomic E-state index is 0.160. The van der Waals surface area contributed by atoms with Crippen LogP contribution in [0.3, 0.4) is 0 Å². The molecular formula is C7H14FN. The van der Waals surface area contributed by atoms with Gasteiger partial charge in [-0.1, -0.05) is 13.8 Å². The second kappa shape index (κ2) is 2.25. The van der Waals surface area contributed by atoms with E-state index in [0.29, 0.717) is 13.0 Å². The van der Waals surface area contributed by atoms with Crippen LogP contribution in [0.5, 0.6) is 0 Å². The van der Waals surface area contributed by atoms with Crippen LogP contribution in [-0.2, 0) is 0 Å². The molecule has 0 aromatic rings. The first-order valence-electron chi connectivity index (χ1n) is 3.55. The Morgan fingerprint density at radius 3 is 2.44 bits per heavy atom. The summed E-state index contributed by atoms with van der Waals surface area (Å²) < 4.78 is 13.4. The minimum atomic E-state index is -0.917. The summed E-state index contributed by atoms with van der Waals surface area (Å²) in [6, 6.07) is 0. The summed E-state index contributed by atoms with van der Waals surface area (Å²) in [5, 5.41) is 3.02. The van der Waals surface area contributed by atoms with E-state index in [1.54, 1.807) is 0 Å². The van der Waals surface area contributed by atoms with Crippen molar-refractivity contribution in [3.05, 3.63) is 0 Å². The fourth-order valence-electron chi connectivity index (χ4n) is 1.17. The molecular weight excluding hydrogens is 117 g/mol. The van der Waals surface area contributed by atoms with Crippen LogP contribution in [0.25, 0.3) is 0 Å². The second-order valence-corrected chi connectivity index (χ2v) is 3.12. The molecule has 54 valence electrons. The van der Waals surface area contributed by atoms with Gasteiger partial charge in [0.25, 0.3) is 0 Å². The van der Waals surface area contributed by atoms with Crippen LogP contribution >= 0.6 is 0 Å². The Labute approximate surface area is 55.6 Å². The average Bonchev–Trinajstić information content (AvgIpc) is 2.16. The number of hydrogen-bond acceptors (Lipinski definition) is 1. The third-order valence-corrected chi connectivity index (χ3v) is 2.17. The summed E-state index contributed by atoms with van der Waals surface area (Å²) in [6.45, 7) is 5.26. The molecule has 0 radical (unpaired) electrons. The predicted octanol–water partition coefficient (Wildman–Crippen LogP) is 1.34. The van der Waals surface area contributed by atoms with Crippen LogP contribution in [0, 0.1) is 5.92 Å². The molecule has 9 heavy (non-hydrogen) atoms. The molecule has 1 aliphatic rings. The summed E-state index contributed by atoms with van der Waals surface area (Å²) in [4.78, 5) is 0. The van der Waals surface area contributed by atoms with E-state index in [-0.39, 0.29) is 5.92 Å². The molecule has 0 spiro atoms. The van der Waals surface area contributed by atoms with E-state index in [0.717, 1.165) is 6.54 Å². The molecule has 1 atom stereocenters. The Bertz CT molecular complexity index is 95.1. The topological polar surface area (TPSA) is 12.0 Å². The first kappa shape index (κ1) is 7.00. The third-order valence-electron chi connectivity index (χ3n) is 2.17. The molecule has 1 N–H and O–H groups in total. The van der Waals surface area contributed by atoms with Crippen molar-refractivity contribution >= 4 is 0 Å². The monoisotopic (exact) mass is 131 g/mol. The van der Waals surface area contributed by atoms with Crippen molar-refractivity contribution in [2.75, 3.05) is 13.1 Å². The zero-order valence-corrected chi connectivity index (χ0v) is 6.08. The van der Waals surface area contributed by atoms with Crippen LogP contribution in [0.2, 0.25) is 0 Å². The van der Waals surface area contributed by atoms with Crippen molar-refractivity contribution in [1.29, 1.82) is 0 Å². The van der Waals surface area contributed by atoms with E-state index in [2.05, 4.69) is 5.32 Å². The lowest BCUT2D eigenvalue weighted by Gasteiger charge is -2.22. The molecule has 0 amide bonds. The number of nitrogens with one attached hydrogen (secondary N) is 1. The highest BCUT2D eigenvalue weighted by Gasteiger charge is 2.36. The zero-order valence-electron chi connectivity index (χ0n) is 6.08. The van der Waals surface area contributed by atoms with E-state index in [9.17, 15) is 4.39 Å². The zero-order chi connectivity index (χ0) is 6.91. The SMILES string of the molecule is CC(C)[C@]1(F)CCNC1. The Morgan fingerprint density at radius 2 is 2.22 bits per heavy atom. The molecule has 1 fully saturated rings. The van der Waals surface area contributed by atoms with Crippen LogP contribution in [0.1, 0.15) is 20.3 Å². The summed E-state index contributed by atoms with van der Waals surface area (Å²) >= 11 is 0. The van der Waals surface area contributed by atoms with Gasteiger partial charge in [-0.25, -0.2) is 4.39 Å². The molecule has 0 aromatic heterocycles. The van der Waals surface area contributed by atoms with Gasteiger partial charge in [-0.05, 0) is 18.9 Å². The molecule has 0 bridgehead atoms. The molecule has 0 unspecified atom stereocenters. The van der Waals surface area contributed by atoms with Crippen molar-refractivity contribution in [1.82, 2.24) is 5.32 Å². The predicted molar refractivity (Wildman–Crippen MR) is 36.2 cm³/mol. The van der Waals surface area contributed by atoms with Gasteiger partial charge in [0, 0.05) is 6.54 Å². The van der Waals surface area contributed by atoms with E-state index in [1.807, 2.05) is 13.8 Å². The smallest absolute Gasteiger partial charge is 0.126 e. The summed E-state index contributed by atoms with van der Waals surface area (Å²) in [6.07, 6.45) is 0.685. The normalized spacial score (nSPS) is 36.0. The lowest BCUT2D eigenvalue weighted by Crippen LogP contribution is -2.31. The number of alkyl halides is 1. The first-order valence-corrected chi connectivity index (χ1v) is 3.55. The fourth-order valence-corrected chi connectivity index (χ4v) is 1.17. The van der Waals surface area contributed by atoms with E-state index < -0.39 is 5.67 Å². The fraction of sp³-hybridized carbons (Fsp3) is 1.00. The van der Waals surface area contributed by atoms with Gasteiger partial charge in [0.2, 0.25) is 0 Å². The Hall–Kier alpha value is -0.110. The molecule has 1 rings (SSSR count). The van der Waals surface area contributed by atoms with Gasteiger partial charge >= 0.3 is 0 Å². The van der Waals surface area contributed by atoms with Gasteiger partial charge < -0.3 is 5.32 Å². The largest absolute Gasteiger partial charge is 0.313 e. The highest BCUT2D eigenvalue weighted by atomic mass is 19.1. The van der Waals surface area contributed by atoms with E-state index in [4.69, 9.17) is 0 Å². The van der Waals surface area contributed by atoms with Gasteiger partial charge in [-0.2, -0.15) is 0 Å². The van der Waals surface area contributed by atoms with E-state index in [1.165, 1.54) is 0 Å². The molecule has 1 nitrogen and oxygen atoms in total. The first-order chi connectivity index (χ1) is 4.15. The number of rotatable bonds is 1. The maximum Gasteiger partial charge on any atom is 0.126 e. The van der Waals surface area contributed by atoms with Crippen LogP contribution < -0.4 is 5.32 Å². The molecule has 1 heterocycles. The van der Waals surface area contributed by atoms with Gasteiger partial charge in [0.15, 0.2) is 0 Å². The lowest BCUT2D eigenvalue weighted by atomic mass is 9.92. The van der Waals surface area contributed by atoms with Crippen molar-refractivity contribution in [2.45, 2.75) is 25.9 Å². The minimum Gasteiger partial charge on any atom is -0.313 e. The summed E-state index contributed by atoms with van der Waals surface area (Å²) in [5.74, 6) is 0.160. The van der Waals surface area contributed by atoms with Gasteiger partial charge in [0.05, 0.1) is 0 Å². The highest BCUT2D eigenvalue weighted by Crippen LogP contribution is 2.27. The molecule has 1 aliphatic heterocycles. The molecule has 0 saturated carbocycles. The Morgan fingerprint density at radius 1 is 1.56 bits per heavy atom. The Kier molecular flexibility index (Phi) is 1.75. The van der Waals surface area contributed by atoms with Crippen molar-refractivity contribution in [2.24, 2.45) is 5.92 Å². The number of hydrogen-bond donors (Lipinski definition) is 1. The van der Waals surface area contributed by atoms with Crippen molar-refractivity contribution in [3.8, 4) is 0 Å². The standard InChI is InChI=1S/C7H14FN/c1-6(2)7(8)3-4-9-5-7/h6,9H,3-5H2,1-2H3/t7-/m0/s1. The van der Waals surface area contributed by atoms with Gasteiger partial charge in [-0.3, -0.25) is 0 Å². The Balaban J connectivity index is 2.51. The molecule has 2 heteroatoms. The van der Waals surface area contributed by atoms with Crippen molar-refractivity contribution in [3.63, 3.8) is 0 Å². The number of halogens is 1.